The van der Waals surface area contributed by atoms with E-state index in [4.69, 9.17) is 5.39 Å². The van der Waals surface area contributed by atoms with E-state index in [1.807, 2.05) is 18.2 Å². The van der Waals surface area contributed by atoms with Gasteiger partial charge in [0.25, 0.3) is 0 Å². The number of rotatable bonds is 3. The summed E-state index contributed by atoms with van der Waals surface area (Å²) in [6.45, 7) is 0. The first-order valence-electron chi connectivity index (χ1n) is 6.83. The average Bonchev–Trinajstić information content (AvgIpc) is 2.59. The van der Waals surface area contributed by atoms with Gasteiger partial charge in [-0.2, -0.15) is 5.11 Å². The first-order chi connectivity index (χ1) is 11.5. The average molecular weight is 339 g/mol. The minimum absolute atomic E-state index is 0. The lowest BCUT2D eigenvalue weighted by atomic mass is 10.1. The first kappa shape index (κ1) is 15.7. The Kier molecular flexibility index (Phi) is 4.04. The van der Waals surface area contributed by atoms with Crippen molar-refractivity contribution in [1.82, 2.24) is 0 Å². The molecule has 0 aromatic heterocycles. The Morgan fingerprint density at radius 3 is 2.38 bits per heavy atom. The molecule has 0 saturated carbocycles. The van der Waals surface area contributed by atoms with Crippen molar-refractivity contribution in [3.8, 4) is 0 Å². The molecule has 0 aliphatic carbocycles. The third-order valence-corrected chi connectivity index (χ3v) is 4.20. The molecule has 24 heavy (non-hydrogen) atoms. The molecule has 0 saturated heterocycles. The van der Waals surface area contributed by atoms with Crippen molar-refractivity contribution in [2.75, 3.05) is 0 Å². The molecule has 8 heteroatoms. The second-order valence-electron chi connectivity index (χ2n) is 4.90. The van der Waals surface area contributed by atoms with Gasteiger partial charge in [-0.25, -0.2) is 8.42 Å². The highest BCUT2D eigenvalue weighted by atomic mass is 32.2. The summed E-state index contributed by atoms with van der Waals surface area (Å²) in [6, 6.07) is 15.8. The summed E-state index contributed by atoms with van der Waals surface area (Å²) in [6.07, 6.45) is 0. The number of diazo groups is 1. The van der Waals surface area contributed by atoms with Crippen molar-refractivity contribution < 1.29 is 14.4 Å². The molecule has 0 bridgehead atoms. The highest BCUT2D eigenvalue weighted by Crippen LogP contribution is 2.35. The number of hydrogen-bond donors (Lipinski definition) is 0. The predicted octanol–water partition coefficient (Wildman–Crippen LogP) is 4.76. The Morgan fingerprint density at radius 1 is 0.958 bits per heavy atom. The zero-order chi connectivity index (χ0) is 17.2. The van der Waals surface area contributed by atoms with Crippen molar-refractivity contribution in [3.05, 3.63) is 65.6 Å². The molecule has 0 heterocycles. The van der Waals surface area contributed by atoms with Crippen LogP contribution in [-0.4, -0.2) is 13.0 Å². The molecule has 0 fully saturated rings. The largest absolute Gasteiger partial charge is 1.00 e. The number of nitrogens with zero attached hydrogens (tertiary/aromatic N) is 4. The lowest BCUT2D eigenvalue weighted by Gasteiger charge is -2.08. The lowest BCUT2D eigenvalue weighted by molar-refractivity contribution is 0.463. The van der Waals surface area contributed by atoms with Crippen molar-refractivity contribution in [2.24, 2.45) is 10.2 Å². The zero-order valence-corrected chi connectivity index (χ0v) is 13.0. The topological polar surface area (TPSA) is 110 Å². The van der Waals surface area contributed by atoms with Gasteiger partial charge in [-0.1, -0.05) is 18.2 Å². The summed E-state index contributed by atoms with van der Waals surface area (Å²) in [5.41, 5.74) is 1.21. The minimum Gasteiger partial charge on any atom is -0.744 e. The Morgan fingerprint density at radius 2 is 1.71 bits per heavy atom. The Labute approximate surface area is 139 Å². The van der Waals surface area contributed by atoms with Crippen molar-refractivity contribution in [2.45, 2.75) is 4.90 Å². The number of hydrogen-bond acceptors (Lipinski definition) is 6. The van der Waals surface area contributed by atoms with E-state index in [1.165, 1.54) is 24.3 Å². The van der Waals surface area contributed by atoms with Crippen LogP contribution in [0.2, 0.25) is 0 Å². The van der Waals surface area contributed by atoms with Gasteiger partial charge in [-0.05, 0) is 36.4 Å². The molecular weight excluding hydrogens is 328 g/mol. The third kappa shape index (κ3) is 3.12. The van der Waals surface area contributed by atoms with Crippen LogP contribution >= 0.6 is 0 Å². The van der Waals surface area contributed by atoms with Crippen LogP contribution in [0.3, 0.4) is 0 Å². The summed E-state index contributed by atoms with van der Waals surface area (Å²) in [4.78, 5) is 2.76. The Bertz CT molecular complexity index is 1090. The maximum Gasteiger partial charge on any atom is 1.00 e. The first-order valence-corrected chi connectivity index (χ1v) is 8.24. The monoisotopic (exact) mass is 339 g/mol. The quantitative estimate of drug-likeness (QED) is 0.389. The molecule has 118 valence electrons. The molecule has 0 atom stereocenters. The van der Waals surface area contributed by atoms with Crippen LogP contribution in [0.1, 0.15) is 1.43 Å². The van der Waals surface area contributed by atoms with Gasteiger partial charge in [0.1, 0.15) is 10.1 Å². The Balaban J connectivity index is 0.00000225. The SMILES string of the molecule is N#[N+]c1ccc(N=Nc2ccccc2)c2cc(S(=O)(=O)[O-])ccc12.[H+]. The molecule has 0 N–H and O–H groups in total. The Hall–Kier alpha value is -3.15. The second kappa shape index (κ2) is 6.16. The molecular formula is C16H11N4O3S+. The van der Waals surface area contributed by atoms with Crippen LogP contribution in [-0.2, 0) is 10.1 Å². The van der Waals surface area contributed by atoms with Gasteiger partial charge in [0.05, 0.1) is 21.7 Å². The van der Waals surface area contributed by atoms with Crippen LogP contribution in [0, 0.1) is 5.39 Å². The van der Waals surface area contributed by atoms with E-state index in [2.05, 4.69) is 15.2 Å². The zero-order valence-electron chi connectivity index (χ0n) is 13.2. The highest BCUT2D eigenvalue weighted by Gasteiger charge is 2.16. The highest BCUT2D eigenvalue weighted by molar-refractivity contribution is 7.85. The number of fused-ring (bicyclic) bond motifs is 1. The fourth-order valence-electron chi connectivity index (χ4n) is 2.23. The standard InChI is InChI=1S/C16H10N4O3S/c17-18-15-8-9-16(20-19-11-4-2-1-3-5-11)14-10-12(24(21,22)23)6-7-13(14)15/h1-10H/p+1. The van der Waals surface area contributed by atoms with Crippen molar-refractivity contribution >= 4 is 38.0 Å². The number of azo groups is 1. The lowest BCUT2D eigenvalue weighted by Crippen LogP contribution is -1.97. The van der Waals surface area contributed by atoms with Crippen LogP contribution < -0.4 is 0 Å². The summed E-state index contributed by atoms with van der Waals surface area (Å²) in [5, 5.41) is 18.0. The second-order valence-corrected chi connectivity index (χ2v) is 6.28. The van der Waals surface area contributed by atoms with Gasteiger partial charge in [-0.15, -0.1) is 5.11 Å². The van der Waals surface area contributed by atoms with Gasteiger partial charge in [0, 0.05) is 11.5 Å². The number of benzene rings is 3. The fourth-order valence-corrected chi connectivity index (χ4v) is 2.73. The van der Waals surface area contributed by atoms with E-state index in [0.29, 0.717) is 22.1 Å². The van der Waals surface area contributed by atoms with Crippen molar-refractivity contribution in [3.63, 3.8) is 0 Å². The predicted molar refractivity (Wildman–Crippen MR) is 88.4 cm³/mol. The van der Waals surface area contributed by atoms with Crippen LogP contribution in [0.5, 0.6) is 0 Å². The van der Waals surface area contributed by atoms with Gasteiger partial charge in [0.2, 0.25) is 5.39 Å². The molecule has 0 unspecified atom stereocenters. The van der Waals surface area contributed by atoms with Gasteiger partial charge >= 0.3 is 7.11 Å². The molecule has 0 amide bonds. The maximum absolute atomic E-state index is 11.2. The molecule has 0 radical (unpaired) electrons. The summed E-state index contributed by atoms with van der Waals surface area (Å²) in [5.74, 6) is 0. The summed E-state index contributed by atoms with van der Waals surface area (Å²) >= 11 is 0. The molecule has 0 spiro atoms. The third-order valence-electron chi connectivity index (χ3n) is 3.37. The molecule has 3 rings (SSSR count). The molecule has 3 aromatic carbocycles. The van der Waals surface area contributed by atoms with Crippen LogP contribution in [0.4, 0.5) is 17.1 Å². The summed E-state index contributed by atoms with van der Waals surface area (Å²) in [7, 11) is -4.61. The van der Waals surface area contributed by atoms with E-state index in [1.54, 1.807) is 12.1 Å². The smallest absolute Gasteiger partial charge is 0.744 e. The van der Waals surface area contributed by atoms with E-state index in [0.717, 1.165) is 6.07 Å². The van der Waals surface area contributed by atoms with Crippen molar-refractivity contribution in [1.29, 1.82) is 5.39 Å². The van der Waals surface area contributed by atoms with Gasteiger partial charge < -0.3 is 4.55 Å². The van der Waals surface area contributed by atoms with E-state index in [-0.39, 0.29) is 12.0 Å². The van der Waals surface area contributed by atoms with Gasteiger partial charge in [-0.3, -0.25) is 0 Å². The minimum atomic E-state index is -4.61. The van der Waals surface area contributed by atoms with Crippen LogP contribution in [0.15, 0.2) is 75.8 Å². The maximum atomic E-state index is 11.2. The van der Waals surface area contributed by atoms with E-state index >= 15 is 0 Å². The molecule has 3 aromatic rings. The van der Waals surface area contributed by atoms with E-state index in [9.17, 15) is 13.0 Å². The molecule has 0 aliphatic rings. The van der Waals surface area contributed by atoms with Crippen LogP contribution in [0.25, 0.3) is 15.7 Å². The van der Waals surface area contributed by atoms with Gasteiger partial charge in [0.15, 0.2) is 4.98 Å². The summed E-state index contributed by atoms with van der Waals surface area (Å²) < 4.78 is 33.7. The van der Waals surface area contributed by atoms with E-state index < -0.39 is 10.1 Å². The molecule has 0 aliphatic heterocycles. The fraction of sp³-hybridized carbons (Fsp3) is 0. The molecule has 7 nitrogen and oxygen atoms in total. The normalized spacial score (nSPS) is 11.7.